The zero-order valence-corrected chi connectivity index (χ0v) is 68.6. The predicted octanol–water partition coefficient (Wildman–Crippen LogP) is 24.7. The summed E-state index contributed by atoms with van der Waals surface area (Å²) in [6.45, 7) is 4.70. The van der Waals surface area contributed by atoms with Gasteiger partial charge in [0.25, 0.3) is 0 Å². The third-order valence-corrected chi connectivity index (χ3v) is 19.3. The van der Waals surface area contributed by atoms with Crippen LogP contribution in [0.5, 0.6) is 0 Å². The second-order valence-electron chi connectivity index (χ2n) is 27.7. The lowest BCUT2D eigenvalue weighted by atomic mass is 10.1. The van der Waals surface area contributed by atoms with E-state index < -0.39 is 97.5 Å². The lowest BCUT2D eigenvalue weighted by molar-refractivity contribution is -0.161. The lowest BCUT2D eigenvalue weighted by Gasteiger charge is -2.21. The van der Waals surface area contributed by atoms with Gasteiger partial charge in [0.15, 0.2) is 12.2 Å². The molecule has 0 rings (SSSR count). The number of carbonyl (C=O) groups is 4. The summed E-state index contributed by atoms with van der Waals surface area (Å²) < 4.78 is 68.7. The molecule has 0 saturated heterocycles. The van der Waals surface area contributed by atoms with Gasteiger partial charge in [-0.15, -0.1) is 0 Å². The first-order valence-electron chi connectivity index (χ1n) is 41.8. The van der Waals surface area contributed by atoms with Crippen LogP contribution in [0.2, 0.25) is 0 Å². The Morgan fingerprint density at radius 2 is 0.481 bits per heavy atom. The van der Waals surface area contributed by atoms with Crippen molar-refractivity contribution in [1.29, 1.82) is 0 Å². The largest absolute Gasteiger partial charge is 0.472 e. The molecule has 0 aromatic heterocycles. The van der Waals surface area contributed by atoms with Gasteiger partial charge in [0.2, 0.25) is 0 Å². The summed E-state index contributed by atoms with van der Waals surface area (Å²) in [6, 6.07) is 0. The molecule has 0 radical (unpaired) electrons. The first-order valence-corrected chi connectivity index (χ1v) is 44.8. The number of unbranched alkanes of at least 4 members (excludes halogenated alkanes) is 32. The molecule has 0 aliphatic carbocycles. The number of hydrogen-bond donors (Lipinski definition) is 3. The molecule has 0 aliphatic rings. The average Bonchev–Trinajstić information content (AvgIpc) is 0.905. The Hall–Kier alpha value is -4.54. The van der Waals surface area contributed by atoms with Crippen LogP contribution < -0.4 is 0 Å². The molecule has 0 fully saturated rings. The van der Waals surface area contributed by atoms with Gasteiger partial charge in [0, 0.05) is 25.7 Å². The van der Waals surface area contributed by atoms with E-state index in [1.807, 2.05) is 0 Å². The van der Waals surface area contributed by atoms with Gasteiger partial charge in [-0.25, -0.2) is 9.13 Å². The number of hydrogen-bond acceptors (Lipinski definition) is 15. The summed E-state index contributed by atoms with van der Waals surface area (Å²) in [5.41, 5.74) is 0. The van der Waals surface area contributed by atoms with Crippen molar-refractivity contribution in [3.63, 3.8) is 0 Å². The van der Waals surface area contributed by atoms with Crippen LogP contribution >= 0.6 is 15.6 Å². The minimum atomic E-state index is -4.99. The number of aliphatic hydroxyl groups is 1. The number of esters is 4. The third kappa shape index (κ3) is 77.6. The molecule has 0 heterocycles. The number of phosphoric acid groups is 2. The van der Waals surface area contributed by atoms with E-state index in [9.17, 15) is 43.2 Å². The average molecular weight is 1530 g/mol. The number of allylic oxidation sites excluding steroid dienone is 20. The maximum Gasteiger partial charge on any atom is 0.472 e. The monoisotopic (exact) mass is 1530 g/mol. The maximum absolute atomic E-state index is 13.1. The topological polar surface area (TPSA) is 237 Å². The van der Waals surface area contributed by atoms with Crippen LogP contribution in [0.1, 0.15) is 349 Å². The van der Waals surface area contributed by atoms with Crippen LogP contribution in [0.25, 0.3) is 0 Å². The molecular weight excluding hydrogens is 1380 g/mol. The molecule has 0 saturated carbocycles. The van der Waals surface area contributed by atoms with Gasteiger partial charge in [0.05, 0.1) is 26.4 Å². The summed E-state index contributed by atoms with van der Waals surface area (Å²) in [5.74, 6) is -2.22. The van der Waals surface area contributed by atoms with Crippen molar-refractivity contribution in [3.05, 3.63) is 122 Å². The second-order valence-corrected chi connectivity index (χ2v) is 30.6. The number of carbonyl (C=O) groups excluding carboxylic acids is 4. The molecule has 0 aliphatic heterocycles. The van der Waals surface area contributed by atoms with Gasteiger partial charge in [-0.05, 0) is 161 Å². The van der Waals surface area contributed by atoms with Crippen molar-refractivity contribution in [2.24, 2.45) is 0 Å². The zero-order valence-electron chi connectivity index (χ0n) is 66.8. The van der Waals surface area contributed by atoms with E-state index in [0.717, 1.165) is 212 Å². The summed E-state index contributed by atoms with van der Waals surface area (Å²) in [4.78, 5) is 73.1. The first-order chi connectivity index (χ1) is 51.7. The van der Waals surface area contributed by atoms with E-state index >= 15 is 0 Å². The molecular formula is C87H150O17P2. The maximum atomic E-state index is 13.1. The molecule has 3 N–H and O–H groups in total. The Balaban J connectivity index is 5.40. The van der Waals surface area contributed by atoms with E-state index in [1.165, 1.54) is 57.8 Å². The highest BCUT2D eigenvalue weighted by Crippen LogP contribution is 2.45. The van der Waals surface area contributed by atoms with Crippen LogP contribution in [0.3, 0.4) is 0 Å². The molecule has 106 heavy (non-hydrogen) atoms. The van der Waals surface area contributed by atoms with Gasteiger partial charge in [0.1, 0.15) is 19.3 Å². The zero-order chi connectivity index (χ0) is 77.4. The van der Waals surface area contributed by atoms with E-state index in [2.05, 4.69) is 149 Å². The van der Waals surface area contributed by atoms with E-state index in [4.69, 9.17) is 37.0 Å². The highest BCUT2D eigenvalue weighted by molar-refractivity contribution is 7.47. The SMILES string of the molecule is CCC/C=C\C/C=C\CCCCCCCC(=O)OC(COC(=O)CCCCCCC/C=C\C/C=C\CCCCC)COP(=O)(O)OCC(O)COP(=O)(O)OCC(COC(=O)CCCCCCCC/C=C\C/C=C\C/C=C\CCCCC)OC(=O)CCCCCCCC/C=C\C/C=C\C/C=C\CCCCC. The van der Waals surface area contributed by atoms with Crippen LogP contribution in [0.15, 0.2) is 122 Å². The number of rotatable bonds is 78. The van der Waals surface area contributed by atoms with Crippen LogP contribution in [0.4, 0.5) is 0 Å². The minimum absolute atomic E-state index is 0.0739. The Labute approximate surface area is 644 Å². The Bertz CT molecular complexity index is 2480. The molecule has 5 unspecified atom stereocenters. The predicted molar refractivity (Wildman–Crippen MR) is 436 cm³/mol. The standard InChI is InChI=1S/C87H150O17P2/c1-5-9-13-17-21-25-29-33-36-38-40-42-45-49-52-56-60-64-68-72-85(90)98-78-83(104-87(92)74-70-66-62-58-54-50-46-43-41-39-37-34-30-26-22-18-14-10-6-2)80-102-106(95,96)100-76-81(88)75-99-105(93,94)101-79-82(103-86(91)73-69-65-61-57-53-47-32-28-24-20-16-12-8-4)77-97-84(89)71-67-63-59-55-51-48-44-35-31-27-23-19-15-11-7-3/h16,20-23,25-28,32-37,40-44,81-83,88H,5-15,17-19,24,29-31,38-39,45-80H2,1-4H3,(H,93,94)(H,95,96)/b20-16-,25-21-,26-22-,27-23-,32-28-,36-33-,37-34-,42-40-,43-41-,44-35-. The Morgan fingerprint density at radius 1 is 0.264 bits per heavy atom. The lowest BCUT2D eigenvalue weighted by Crippen LogP contribution is -2.30. The van der Waals surface area contributed by atoms with Gasteiger partial charge in [-0.3, -0.25) is 37.3 Å². The van der Waals surface area contributed by atoms with Gasteiger partial charge < -0.3 is 33.8 Å². The molecule has 19 heteroatoms. The molecule has 610 valence electrons. The summed E-state index contributed by atoms with van der Waals surface area (Å²) >= 11 is 0. The second kappa shape index (κ2) is 78.6. The molecule has 0 spiro atoms. The quantitative estimate of drug-likeness (QED) is 0.0169. The van der Waals surface area contributed by atoms with Crippen molar-refractivity contribution < 1.29 is 80.2 Å². The molecule has 0 amide bonds. The molecule has 0 bridgehead atoms. The van der Waals surface area contributed by atoms with Crippen LogP contribution in [-0.4, -0.2) is 96.7 Å². The van der Waals surface area contributed by atoms with Gasteiger partial charge in [-0.1, -0.05) is 284 Å². The molecule has 0 aromatic carbocycles. The third-order valence-electron chi connectivity index (χ3n) is 17.3. The van der Waals surface area contributed by atoms with Crippen LogP contribution in [-0.2, 0) is 65.4 Å². The smallest absolute Gasteiger partial charge is 0.462 e. The highest BCUT2D eigenvalue weighted by Gasteiger charge is 2.30. The van der Waals surface area contributed by atoms with E-state index in [0.29, 0.717) is 25.7 Å². The van der Waals surface area contributed by atoms with E-state index in [-0.39, 0.29) is 25.7 Å². The number of phosphoric ester groups is 2. The highest BCUT2D eigenvalue weighted by atomic mass is 31.2. The van der Waals surface area contributed by atoms with Crippen molar-refractivity contribution >= 4 is 39.5 Å². The van der Waals surface area contributed by atoms with Crippen LogP contribution in [0, 0.1) is 0 Å². The first kappa shape index (κ1) is 101. The summed E-state index contributed by atoms with van der Waals surface area (Å²) in [7, 11) is -9.98. The Kier molecular flexibility index (Phi) is 75.2. The Morgan fingerprint density at radius 3 is 0.745 bits per heavy atom. The number of aliphatic hydroxyl groups excluding tert-OH is 1. The van der Waals surface area contributed by atoms with Gasteiger partial charge in [-0.2, -0.15) is 0 Å². The number of ether oxygens (including phenoxy) is 4. The molecule has 17 nitrogen and oxygen atoms in total. The fourth-order valence-electron chi connectivity index (χ4n) is 10.9. The molecule has 0 aromatic rings. The minimum Gasteiger partial charge on any atom is -0.462 e. The van der Waals surface area contributed by atoms with Gasteiger partial charge >= 0.3 is 39.5 Å². The fourth-order valence-corrected chi connectivity index (χ4v) is 12.5. The van der Waals surface area contributed by atoms with Crippen molar-refractivity contribution in [3.8, 4) is 0 Å². The fraction of sp³-hybridized carbons (Fsp3) is 0.724. The summed E-state index contributed by atoms with van der Waals surface area (Å²) in [6.07, 6.45) is 87.3. The summed E-state index contributed by atoms with van der Waals surface area (Å²) in [5, 5.41) is 10.7. The normalized spacial score (nSPS) is 14.4. The van der Waals surface area contributed by atoms with Crippen molar-refractivity contribution in [2.75, 3.05) is 39.6 Å². The molecule has 5 atom stereocenters. The van der Waals surface area contributed by atoms with E-state index in [1.54, 1.807) is 0 Å². The van der Waals surface area contributed by atoms with Crippen molar-refractivity contribution in [1.82, 2.24) is 0 Å². The van der Waals surface area contributed by atoms with Crippen molar-refractivity contribution in [2.45, 2.75) is 367 Å².